The quantitative estimate of drug-likeness (QED) is 0.564. The SMILES string of the molecule is Cn1cc(OC(=O)Nc2ccccc2-c2ccccc2C(F)(F)F)c(C(F)F)n1. The Balaban J connectivity index is 1.91. The summed E-state index contributed by atoms with van der Waals surface area (Å²) in [5.41, 5.74) is -1.63. The van der Waals surface area contributed by atoms with E-state index in [1.165, 1.54) is 49.5 Å². The van der Waals surface area contributed by atoms with Crippen LogP contribution in [0.2, 0.25) is 0 Å². The lowest BCUT2D eigenvalue weighted by Gasteiger charge is -2.16. The van der Waals surface area contributed by atoms with Gasteiger partial charge in [0, 0.05) is 12.6 Å². The molecule has 1 N–H and O–H groups in total. The number of carbonyl (C=O) groups excluding carboxylic acids is 1. The van der Waals surface area contributed by atoms with Crippen LogP contribution in [0.4, 0.5) is 32.4 Å². The van der Waals surface area contributed by atoms with E-state index in [-0.39, 0.29) is 16.8 Å². The molecule has 0 atom stereocenters. The van der Waals surface area contributed by atoms with Crippen molar-refractivity contribution in [2.75, 3.05) is 5.32 Å². The smallest absolute Gasteiger partial charge is 0.406 e. The van der Waals surface area contributed by atoms with Gasteiger partial charge in [0.15, 0.2) is 11.4 Å². The van der Waals surface area contributed by atoms with Crippen molar-refractivity contribution < 1.29 is 31.5 Å². The highest BCUT2D eigenvalue weighted by molar-refractivity contribution is 5.93. The molecule has 5 nitrogen and oxygen atoms in total. The summed E-state index contributed by atoms with van der Waals surface area (Å²) in [5, 5.41) is 5.81. The van der Waals surface area contributed by atoms with Gasteiger partial charge in [0.05, 0.1) is 17.4 Å². The van der Waals surface area contributed by atoms with Crippen molar-refractivity contribution >= 4 is 11.8 Å². The summed E-state index contributed by atoms with van der Waals surface area (Å²) in [4.78, 5) is 12.2. The second kappa shape index (κ2) is 7.90. The standard InChI is InChI=1S/C19H14F5N3O2/c1-27-10-15(16(26-27)17(20)21)29-18(28)25-14-9-5-3-7-12(14)11-6-2-4-8-13(11)19(22,23)24/h2-10,17H,1H3,(H,25,28). The number of hydrogen-bond acceptors (Lipinski definition) is 3. The van der Waals surface area contributed by atoms with Gasteiger partial charge in [-0.2, -0.15) is 18.3 Å². The lowest BCUT2D eigenvalue weighted by molar-refractivity contribution is -0.137. The van der Waals surface area contributed by atoms with Crippen molar-refractivity contribution in [1.82, 2.24) is 9.78 Å². The fourth-order valence-corrected chi connectivity index (χ4v) is 2.74. The summed E-state index contributed by atoms with van der Waals surface area (Å²) in [5.74, 6) is -0.451. The molecule has 1 amide bonds. The van der Waals surface area contributed by atoms with Gasteiger partial charge in [0.2, 0.25) is 0 Å². The lowest BCUT2D eigenvalue weighted by Crippen LogP contribution is -2.18. The normalized spacial score (nSPS) is 11.6. The zero-order valence-electron chi connectivity index (χ0n) is 14.9. The number of halogens is 5. The summed E-state index contributed by atoms with van der Waals surface area (Å²) in [7, 11) is 1.38. The van der Waals surface area contributed by atoms with Gasteiger partial charge >= 0.3 is 12.3 Å². The number of hydrogen-bond donors (Lipinski definition) is 1. The highest BCUT2D eigenvalue weighted by Crippen LogP contribution is 2.39. The van der Waals surface area contributed by atoms with Gasteiger partial charge in [-0.15, -0.1) is 0 Å². The monoisotopic (exact) mass is 411 g/mol. The third-order valence-electron chi connectivity index (χ3n) is 3.92. The van der Waals surface area contributed by atoms with Crippen molar-refractivity contribution in [2.45, 2.75) is 12.6 Å². The Bertz CT molecular complexity index is 1030. The lowest BCUT2D eigenvalue weighted by atomic mass is 9.98. The van der Waals surface area contributed by atoms with E-state index in [4.69, 9.17) is 4.74 Å². The molecule has 1 heterocycles. The first-order valence-corrected chi connectivity index (χ1v) is 8.23. The zero-order chi connectivity index (χ0) is 21.2. The Labute approximate surface area is 161 Å². The molecule has 0 spiro atoms. The first-order valence-electron chi connectivity index (χ1n) is 8.23. The van der Waals surface area contributed by atoms with Gasteiger partial charge in [-0.05, 0) is 17.7 Å². The molecule has 0 aliphatic heterocycles. The van der Waals surface area contributed by atoms with E-state index in [9.17, 15) is 26.7 Å². The molecule has 152 valence electrons. The maximum Gasteiger partial charge on any atom is 0.417 e. The number of benzene rings is 2. The molecule has 0 fully saturated rings. The summed E-state index contributed by atoms with van der Waals surface area (Å²) < 4.78 is 71.9. The number of alkyl halides is 5. The van der Waals surface area contributed by atoms with Crippen molar-refractivity contribution in [3.05, 3.63) is 66.0 Å². The Morgan fingerprint density at radius 1 is 1.07 bits per heavy atom. The maximum atomic E-state index is 13.3. The molecule has 0 aliphatic rings. The number of ether oxygens (including phenoxy) is 1. The minimum absolute atomic E-state index is 0.0247. The Morgan fingerprint density at radius 3 is 2.34 bits per heavy atom. The third-order valence-corrected chi connectivity index (χ3v) is 3.92. The van der Waals surface area contributed by atoms with Crippen LogP contribution in [0, 0.1) is 0 Å². The summed E-state index contributed by atoms with van der Waals surface area (Å²) in [6, 6.07) is 10.7. The summed E-state index contributed by atoms with van der Waals surface area (Å²) in [6.07, 6.45) is -7.63. The predicted molar refractivity (Wildman–Crippen MR) is 94.7 cm³/mol. The number of nitrogens with zero attached hydrogens (tertiary/aromatic N) is 2. The molecule has 0 unspecified atom stereocenters. The van der Waals surface area contributed by atoms with E-state index in [2.05, 4.69) is 10.4 Å². The van der Waals surface area contributed by atoms with Crippen molar-refractivity contribution in [1.29, 1.82) is 0 Å². The Kier molecular flexibility index (Phi) is 5.53. The second-order valence-corrected chi connectivity index (χ2v) is 5.96. The van der Waals surface area contributed by atoms with E-state index in [1.807, 2.05) is 0 Å². The van der Waals surface area contributed by atoms with Crippen LogP contribution in [-0.4, -0.2) is 15.9 Å². The molecule has 0 bridgehead atoms. The molecule has 3 rings (SSSR count). The maximum absolute atomic E-state index is 13.3. The molecule has 0 radical (unpaired) electrons. The number of rotatable bonds is 4. The van der Waals surface area contributed by atoms with Gasteiger partial charge in [0.1, 0.15) is 0 Å². The molecule has 10 heteroatoms. The Hall–Kier alpha value is -3.43. The van der Waals surface area contributed by atoms with Gasteiger partial charge in [-0.25, -0.2) is 13.6 Å². The molecule has 1 aromatic heterocycles. The summed E-state index contributed by atoms with van der Waals surface area (Å²) >= 11 is 0. The number of nitrogens with one attached hydrogen (secondary N) is 1. The van der Waals surface area contributed by atoms with Crippen LogP contribution >= 0.6 is 0 Å². The first-order chi connectivity index (χ1) is 13.7. The number of aryl methyl sites for hydroxylation is 1. The average molecular weight is 411 g/mol. The number of anilines is 1. The zero-order valence-corrected chi connectivity index (χ0v) is 14.9. The van der Waals surface area contributed by atoms with Gasteiger partial charge in [-0.1, -0.05) is 36.4 Å². The van der Waals surface area contributed by atoms with E-state index in [1.54, 1.807) is 0 Å². The fraction of sp³-hybridized carbons (Fsp3) is 0.158. The van der Waals surface area contributed by atoms with E-state index in [0.717, 1.165) is 16.9 Å². The highest BCUT2D eigenvalue weighted by Gasteiger charge is 2.33. The van der Waals surface area contributed by atoms with Gasteiger partial charge < -0.3 is 4.74 Å². The molecule has 0 aliphatic carbocycles. The van der Waals surface area contributed by atoms with Crippen molar-refractivity contribution in [3.63, 3.8) is 0 Å². The molecule has 29 heavy (non-hydrogen) atoms. The minimum Gasteiger partial charge on any atom is -0.406 e. The summed E-state index contributed by atoms with van der Waals surface area (Å²) in [6.45, 7) is 0. The van der Waals surface area contributed by atoms with Crippen LogP contribution in [-0.2, 0) is 13.2 Å². The topological polar surface area (TPSA) is 56.1 Å². The largest absolute Gasteiger partial charge is 0.417 e. The average Bonchev–Trinajstić information content (AvgIpc) is 3.02. The van der Waals surface area contributed by atoms with Crippen LogP contribution in [0.25, 0.3) is 11.1 Å². The number of para-hydroxylation sites is 1. The number of amides is 1. The van der Waals surface area contributed by atoms with Crippen LogP contribution in [0.15, 0.2) is 54.7 Å². The van der Waals surface area contributed by atoms with Crippen LogP contribution < -0.4 is 10.1 Å². The van der Waals surface area contributed by atoms with E-state index in [0.29, 0.717) is 0 Å². The van der Waals surface area contributed by atoms with Crippen molar-refractivity contribution in [2.24, 2.45) is 7.05 Å². The molecule has 0 saturated heterocycles. The fourth-order valence-electron chi connectivity index (χ4n) is 2.74. The molecule has 3 aromatic rings. The Morgan fingerprint density at radius 2 is 1.69 bits per heavy atom. The predicted octanol–water partition coefficient (Wildman–Crippen LogP) is 5.65. The molecular formula is C19H14F5N3O2. The first kappa shape index (κ1) is 20.3. The number of carbonyl (C=O) groups is 1. The minimum atomic E-state index is -4.61. The van der Waals surface area contributed by atoms with Crippen LogP contribution in [0.1, 0.15) is 17.7 Å². The third kappa shape index (κ3) is 4.53. The van der Waals surface area contributed by atoms with Gasteiger partial charge in [-0.3, -0.25) is 10.00 Å². The van der Waals surface area contributed by atoms with E-state index < -0.39 is 35.7 Å². The molecule has 0 saturated carbocycles. The molecule has 2 aromatic carbocycles. The van der Waals surface area contributed by atoms with Crippen LogP contribution in [0.3, 0.4) is 0 Å². The van der Waals surface area contributed by atoms with Crippen LogP contribution in [0.5, 0.6) is 5.75 Å². The van der Waals surface area contributed by atoms with Gasteiger partial charge in [0.25, 0.3) is 6.43 Å². The van der Waals surface area contributed by atoms with Crippen molar-refractivity contribution in [3.8, 4) is 16.9 Å². The van der Waals surface area contributed by atoms with E-state index >= 15 is 0 Å². The second-order valence-electron chi connectivity index (χ2n) is 5.96. The molecular weight excluding hydrogens is 397 g/mol. The number of aromatic nitrogens is 2. The highest BCUT2D eigenvalue weighted by atomic mass is 19.4.